The molecule has 2 heterocycles. The minimum Gasteiger partial charge on any atom is -0.385 e. The molecule has 4 N–H and O–H groups in total. The fourth-order valence-electron chi connectivity index (χ4n) is 2.34. The Morgan fingerprint density at radius 1 is 1.14 bits per heavy atom. The molecule has 0 bridgehead atoms. The highest BCUT2D eigenvalue weighted by Crippen LogP contribution is 2.25. The number of benzene rings is 1. The summed E-state index contributed by atoms with van der Waals surface area (Å²) >= 11 is 0. The van der Waals surface area contributed by atoms with Crippen LogP contribution >= 0.6 is 0 Å². The van der Waals surface area contributed by atoms with Crippen LogP contribution in [0.4, 0.5) is 11.4 Å². The maximum absolute atomic E-state index is 12.0. The van der Waals surface area contributed by atoms with Crippen LogP contribution in [0, 0.1) is 0 Å². The van der Waals surface area contributed by atoms with Crippen molar-refractivity contribution in [3.05, 3.63) is 56.4 Å². The van der Waals surface area contributed by atoms with Crippen LogP contribution in [0.25, 0.3) is 0 Å². The van der Waals surface area contributed by atoms with E-state index in [1.165, 1.54) is 0 Å². The van der Waals surface area contributed by atoms with Crippen molar-refractivity contribution >= 4 is 17.3 Å². The SMILES string of the molecule is O=C(Nc1ccc2c(c1)CCCN2)c1cc(=O)[nH]c(=O)[nH]1. The summed E-state index contributed by atoms with van der Waals surface area (Å²) in [4.78, 5) is 38.7. The zero-order valence-corrected chi connectivity index (χ0v) is 11.2. The van der Waals surface area contributed by atoms with Gasteiger partial charge in [-0.25, -0.2) is 4.79 Å². The van der Waals surface area contributed by atoms with Crippen LogP contribution in [0.5, 0.6) is 0 Å². The number of aryl methyl sites for hydroxylation is 1. The lowest BCUT2D eigenvalue weighted by molar-refractivity contribution is 0.102. The number of H-pyrrole nitrogens is 2. The number of hydrogen-bond donors (Lipinski definition) is 4. The van der Waals surface area contributed by atoms with E-state index >= 15 is 0 Å². The number of rotatable bonds is 2. The Bertz CT molecular complexity index is 778. The summed E-state index contributed by atoms with van der Waals surface area (Å²) in [6.07, 6.45) is 2.00. The van der Waals surface area contributed by atoms with E-state index in [1.54, 1.807) is 6.07 Å². The number of nitrogens with one attached hydrogen (secondary N) is 4. The van der Waals surface area contributed by atoms with E-state index in [0.29, 0.717) is 5.69 Å². The molecular formula is C14H14N4O3. The van der Waals surface area contributed by atoms with Crippen LogP contribution in [0.2, 0.25) is 0 Å². The standard InChI is InChI=1S/C14H14N4O3/c19-12-7-11(17-14(21)18-12)13(20)16-9-3-4-10-8(6-9)2-1-5-15-10/h3-4,6-7,15H,1-2,5H2,(H,16,20)(H2,17,18,19,21). The molecule has 2 aromatic rings. The number of aromatic amines is 2. The maximum atomic E-state index is 12.0. The van der Waals surface area contributed by atoms with Gasteiger partial charge in [0.15, 0.2) is 0 Å². The third kappa shape index (κ3) is 2.86. The Hall–Kier alpha value is -2.83. The summed E-state index contributed by atoms with van der Waals surface area (Å²) in [7, 11) is 0. The molecule has 1 aliphatic heterocycles. The van der Waals surface area contributed by atoms with Gasteiger partial charge in [-0.1, -0.05) is 0 Å². The smallest absolute Gasteiger partial charge is 0.326 e. The number of anilines is 2. The maximum Gasteiger partial charge on any atom is 0.326 e. The van der Waals surface area contributed by atoms with Crippen molar-refractivity contribution in [3.8, 4) is 0 Å². The molecule has 1 aliphatic rings. The van der Waals surface area contributed by atoms with Gasteiger partial charge < -0.3 is 15.6 Å². The summed E-state index contributed by atoms with van der Waals surface area (Å²) in [5.41, 5.74) is 1.45. The number of carbonyl (C=O) groups excluding carboxylic acids is 1. The van der Waals surface area contributed by atoms with E-state index in [1.807, 2.05) is 17.1 Å². The predicted molar refractivity (Wildman–Crippen MR) is 78.9 cm³/mol. The molecule has 21 heavy (non-hydrogen) atoms. The van der Waals surface area contributed by atoms with Gasteiger partial charge in [0.2, 0.25) is 0 Å². The highest BCUT2D eigenvalue weighted by molar-refractivity contribution is 6.02. The minimum atomic E-state index is -0.706. The molecule has 0 saturated carbocycles. The molecule has 1 amide bonds. The molecule has 0 spiro atoms. The van der Waals surface area contributed by atoms with E-state index < -0.39 is 17.2 Å². The Balaban J connectivity index is 1.84. The summed E-state index contributed by atoms with van der Waals surface area (Å²) < 4.78 is 0. The van der Waals surface area contributed by atoms with Crippen LogP contribution in [0.15, 0.2) is 33.9 Å². The number of hydrogen-bond acceptors (Lipinski definition) is 4. The molecule has 0 atom stereocenters. The first kappa shape index (κ1) is 13.2. The molecular weight excluding hydrogens is 272 g/mol. The first-order chi connectivity index (χ1) is 10.1. The largest absolute Gasteiger partial charge is 0.385 e. The second kappa shape index (κ2) is 5.28. The van der Waals surface area contributed by atoms with Crippen LogP contribution in [0.1, 0.15) is 22.5 Å². The molecule has 0 fully saturated rings. The van der Waals surface area contributed by atoms with Crippen molar-refractivity contribution in [2.75, 3.05) is 17.2 Å². The highest BCUT2D eigenvalue weighted by atomic mass is 16.2. The lowest BCUT2D eigenvalue weighted by atomic mass is 10.0. The number of amides is 1. The zero-order chi connectivity index (χ0) is 14.8. The molecule has 0 aliphatic carbocycles. The van der Waals surface area contributed by atoms with Gasteiger partial charge in [-0.05, 0) is 36.6 Å². The Kier molecular flexibility index (Phi) is 3.31. The van der Waals surface area contributed by atoms with Crippen LogP contribution < -0.4 is 21.9 Å². The second-order valence-electron chi connectivity index (χ2n) is 4.86. The van der Waals surface area contributed by atoms with Gasteiger partial charge >= 0.3 is 5.69 Å². The lowest BCUT2D eigenvalue weighted by Crippen LogP contribution is -2.27. The Labute approximate surface area is 119 Å². The summed E-state index contributed by atoms with van der Waals surface area (Å²) in [5, 5.41) is 5.96. The second-order valence-corrected chi connectivity index (χ2v) is 4.86. The van der Waals surface area contributed by atoms with Gasteiger partial charge in [-0.2, -0.15) is 0 Å². The van der Waals surface area contributed by atoms with Gasteiger partial charge in [0.05, 0.1) is 0 Å². The first-order valence-corrected chi connectivity index (χ1v) is 6.63. The van der Waals surface area contributed by atoms with E-state index in [9.17, 15) is 14.4 Å². The molecule has 108 valence electrons. The van der Waals surface area contributed by atoms with Gasteiger partial charge in [0.1, 0.15) is 5.69 Å². The third-order valence-corrected chi connectivity index (χ3v) is 3.31. The lowest BCUT2D eigenvalue weighted by Gasteiger charge is -2.18. The molecule has 7 heteroatoms. The van der Waals surface area contributed by atoms with Gasteiger partial charge in [0, 0.05) is 24.0 Å². The van der Waals surface area contributed by atoms with Crippen molar-refractivity contribution in [1.29, 1.82) is 0 Å². The Morgan fingerprint density at radius 3 is 2.81 bits per heavy atom. The monoisotopic (exact) mass is 286 g/mol. The molecule has 1 aromatic heterocycles. The van der Waals surface area contributed by atoms with Crippen LogP contribution in [-0.2, 0) is 6.42 Å². The predicted octanol–water partition coefficient (Wildman–Crippen LogP) is 0.674. The molecule has 7 nitrogen and oxygen atoms in total. The fourth-order valence-corrected chi connectivity index (χ4v) is 2.34. The first-order valence-electron chi connectivity index (χ1n) is 6.63. The van der Waals surface area contributed by atoms with Crippen LogP contribution in [0.3, 0.4) is 0 Å². The summed E-state index contributed by atoms with van der Waals surface area (Å²) in [5.74, 6) is -0.526. The van der Waals surface area contributed by atoms with Gasteiger partial charge in [-0.3, -0.25) is 14.6 Å². The molecule has 0 radical (unpaired) electrons. The van der Waals surface area contributed by atoms with Crippen molar-refractivity contribution in [2.24, 2.45) is 0 Å². The quantitative estimate of drug-likeness (QED) is 0.651. The fraction of sp³-hybridized carbons (Fsp3) is 0.214. The van der Waals surface area contributed by atoms with Crippen molar-refractivity contribution in [1.82, 2.24) is 9.97 Å². The Morgan fingerprint density at radius 2 is 2.00 bits per heavy atom. The van der Waals surface area contributed by atoms with E-state index in [4.69, 9.17) is 0 Å². The number of fused-ring (bicyclic) bond motifs is 1. The van der Waals surface area contributed by atoms with Gasteiger partial charge in [-0.15, -0.1) is 0 Å². The van der Waals surface area contributed by atoms with E-state index in [-0.39, 0.29) is 5.69 Å². The average Bonchev–Trinajstić information content (AvgIpc) is 2.46. The number of aromatic nitrogens is 2. The van der Waals surface area contributed by atoms with Crippen molar-refractivity contribution in [3.63, 3.8) is 0 Å². The zero-order valence-electron chi connectivity index (χ0n) is 11.2. The minimum absolute atomic E-state index is 0.0698. The molecule has 0 saturated heterocycles. The van der Waals surface area contributed by atoms with Crippen molar-refractivity contribution in [2.45, 2.75) is 12.8 Å². The van der Waals surface area contributed by atoms with E-state index in [2.05, 4.69) is 15.6 Å². The van der Waals surface area contributed by atoms with Crippen LogP contribution in [-0.4, -0.2) is 22.4 Å². The third-order valence-electron chi connectivity index (χ3n) is 3.31. The molecule has 1 aromatic carbocycles. The summed E-state index contributed by atoms with van der Waals surface area (Å²) in [6, 6.07) is 6.63. The highest BCUT2D eigenvalue weighted by Gasteiger charge is 2.12. The summed E-state index contributed by atoms with van der Waals surface area (Å²) in [6.45, 7) is 0.951. The molecule has 3 rings (SSSR count). The molecule has 0 unspecified atom stereocenters. The normalized spacial score (nSPS) is 13.1. The van der Waals surface area contributed by atoms with Gasteiger partial charge in [0.25, 0.3) is 11.5 Å². The van der Waals surface area contributed by atoms with Crippen molar-refractivity contribution < 1.29 is 4.79 Å². The average molecular weight is 286 g/mol. The number of carbonyl (C=O) groups is 1. The van der Waals surface area contributed by atoms with E-state index in [0.717, 1.165) is 36.7 Å². The topological polar surface area (TPSA) is 107 Å².